The van der Waals surface area contributed by atoms with E-state index in [-0.39, 0.29) is 5.88 Å². The number of nitrogens with zero attached hydrogens (tertiary/aromatic N) is 2. The maximum absolute atomic E-state index is 13.7. The number of rotatable bonds is 5. The standard InChI is InChI=1S/C13H13ClF2N2O/c1-2-3-18-8-10(7-17-18)19-13-11(15)4-9(6-14)5-12(13)16/h4-5,7-8H,2-3,6H2,1H3. The quantitative estimate of drug-likeness (QED) is 0.774. The summed E-state index contributed by atoms with van der Waals surface area (Å²) in [4.78, 5) is 0. The minimum Gasteiger partial charge on any atom is -0.448 e. The van der Waals surface area contributed by atoms with Gasteiger partial charge >= 0.3 is 0 Å². The van der Waals surface area contributed by atoms with Crippen LogP contribution >= 0.6 is 11.6 Å². The first kappa shape index (κ1) is 13.8. The second-order valence-corrected chi connectivity index (χ2v) is 4.33. The van der Waals surface area contributed by atoms with Gasteiger partial charge in [-0.2, -0.15) is 5.10 Å². The van der Waals surface area contributed by atoms with E-state index in [1.165, 1.54) is 6.20 Å². The van der Waals surface area contributed by atoms with Gasteiger partial charge in [-0.1, -0.05) is 6.92 Å². The highest BCUT2D eigenvalue weighted by Gasteiger charge is 2.14. The Kier molecular flexibility index (Phi) is 4.37. The summed E-state index contributed by atoms with van der Waals surface area (Å²) in [5.74, 6) is -1.66. The predicted octanol–water partition coefficient (Wildman–Crippen LogP) is 4.10. The van der Waals surface area contributed by atoms with Gasteiger partial charge in [0.15, 0.2) is 23.1 Å². The van der Waals surface area contributed by atoms with Crippen molar-refractivity contribution in [1.29, 1.82) is 0 Å². The number of ether oxygens (including phenoxy) is 1. The Balaban J connectivity index is 2.22. The fourth-order valence-corrected chi connectivity index (χ4v) is 1.81. The zero-order valence-corrected chi connectivity index (χ0v) is 11.1. The number of hydrogen-bond donors (Lipinski definition) is 0. The van der Waals surface area contributed by atoms with Crippen molar-refractivity contribution in [3.8, 4) is 11.5 Å². The van der Waals surface area contributed by atoms with Gasteiger partial charge in [-0.15, -0.1) is 11.6 Å². The molecule has 3 nitrogen and oxygen atoms in total. The molecule has 0 saturated heterocycles. The largest absolute Gasteiger partial charge is 0.448 e. The van der Waals surface area contributed by atoms with E-state index in [0.717, 1.165) is 25.1 Å². The maximum Gasteiger partial charge on any atom is 0.198 e. The maximum atomic E-state index is 13.7. The van der Waals surface area contributed by atoms with Crippen LogP contribution in [0.15, 0.2) is 24.5 Å². The van der Waals surface area contributed by atoms with Crippen molar-refractivity contribution in [2.24, 2.45) is 0 Å². The lowest BCUT2D eigenvalue weighted by Crippen LogP contribution is -1.96. The summed E-state index contributed by atoms with van der Waals surface area (Å²) < 4.78 is 34.2. The molecule has 2 aromatic rings. The molecule has 0 unspecified atom stereocenters. The monoisotopic (exact) mass is 286 g/mol. The molecule has 0 atom stereocenters. The Morgan fingerprint density at radius 2 is 2.00 bits per heavy atom. The van der Waals surface area contributed by atoms with E-state index in [1.54, 1.807) is 10.9 Å². The number of aromatic nitrogens is 2. The molecular weight excluding hydrogens is 274 g/mol. The lowest BCUT2D eigenvalue weighted by Gasteiger charge is -2.07. The molecule has 0 aliphatic heterocycles. The van der Waals surface area contributed by atoms with Gasteiger partial charge in [0, 0.05) is 12.4 Å². The summed E-state index contributed by atoms with van der Waals surface area (Å²) in [6.07, 6.45) is 3.93. The molecule has 0 bridgehead atoms. The molecule has 1 aromatic heterocycles. The number of aryl methyl sites for hydroxylation is 1. The predicted molar refractivity (Wildman–Crippen MR) is 68.5 cm³/mol. The van der Waals surface area contributed by atoms with Crippen LogP contribution in [0.3, 0.4) is 0 Å². The number of halogens is 3. The topological polar surface area (TPSA) is 27.1 Å². The van der Waals surface area contributed by atoms with E-state index >= 15 is 0 Å². The van der Waals surface area contributed by atoms with Gasteiger partial charge in [0.1, 0.15) is 0 Å². The van der Waals surface area contributed by atoms with Crippen molar-refractivity contribution in [2.45, 2.75) is 25.8 Å². The Bertz CT molecular complexity index is 549. The van der Waals surface area contributed by atoms with Crippen LogP contribution in [0.5, 0.6) is 11.5 Å². The average Bonchev–Trinajstić information content (AvgIpc) is 2.81. The Labute approximate surface area is 114 Å². The van der Waals surface area contributed by atoms with Crippen LogP contribution in [-0.2, 0) is 12.4 Å². The molecule has 0 saturated carbocycles. The summed E-state index contributed by atoms with van der Waals surface area (Å²) >= 11 is 5.53. The molecular formula is C13H13ClF2N2O. The summed E-state index contributed by atoms with van der Waals surface area (Å²) in [7, 11) is 0. The lowest BCUT2D eigenvalue weighted by atomic mass is 10.2. The summed E-state index contributed by atoms with van der Waals surface area (Å²) in [5.41, 5.74) is 0.366. The van der Waals surface area contributed by atoms with E-state index in [9.17, 15) is 8.78 Å². The van der Waals surface area contributed by atoms with Crippen LogP contribution in [-0.4, -0.2) is 9.78 Å². The van der Waals surface area contributed by atoms with E-state index in [2.05, 4.69) is 5.10 Å². The van der Waals surface area contributed by atoms with Crippen LogP contribution in [0.4, 0.5) is 8.78 Å². The normalized spacial score (nSPS) is 10.7. The van der Waals surface area contributed by atoms with Crippen molar-refractivity contribution in [3.05, 3.63) is 41.7 Å². The first-order chi connectivity index (χ1) is 9.13. The van der Waals surface area contributed by atoms with E-state index < -0.39 is 17.4 Å². The molecule has 102 valence electrons. The average molecular weight is 287 g/mol. The van der Waals surface area contributed by atoms with Gasteiger partial charge in [0.05, 0.1) is 12.4 Å². The van der Waals surface area contributed by atoms with Crippen LogP contribution in [0.2, 0.25) is 0 Å². The molecule has 6 heteroatoms. The highest BCUT2D eigenvalue weighted by Crippen LogP contribution is 2.28. The van der Waals surface area contributed by atoms with Gasteiger partial charge < -0.3 is 4.74 Å². The van der Waals surface area contributed by atoms with Crippen molar-refractivity contribution < 1.29 is 13.5 Å². The molecule has 2 rings (SSSR count). The SMILES string of the molecule is CCCn1cc(Oc2c(F)cc(CCl)cc2F)cn1. The molecule has 0 amide bonds. The van der Waals surface area contributed by atoms with E-state index in [1.807, 2.05) is 6.92 Å². The summed E-state index contributed by atoms with van der Waals surface area (Å²) in [5, 5.41) is 4.02. The van der Waals surface area contributed by atoms with Gasteiger partial charge in [-0.3, -0.25) is 4.68 Å². The van der Waals surface area contributed by atoms with Crippen molar-refractivity contribution >= 4 is 11.6 Å². The minimum absolute atomic E-state index is 0.0442. The number of benzene rings is 1. The number of alkyl halides is 1. The second kappa shape index (κ2) is 6.02. The fraction of sp³-hybridized carbons (Fsp3) is 0.308. The molecule has 0 aliphatic rings. The molecule has 0 aliphatic carbocycles. The van der Waals surface area contributed by atoms with Gasteiger partial charge in [0.25, 0.3) is 0 Å². The Hall–Kier alpha value is -1.62. The van der Waals surface area contributed by atoms with E-state index in [0.29, 0.717) is 11.3 Å². The molecule has 0 fully saturated rings. The molecule has 19 heavy (non-hydrogen) atoms. The summed E-state index contributed by atoms with van der Waals surface area (Å²) in [6, 6.07) is 2.31. The molecule has 0 spiro atoms. The smallest absolute Gasteiger partial charge is 0.198 e. The number of hydrogen-bond acceptors (Lipinski definition) is 2. The molecule has 1 heterocycles. The first-order valence-electron chi connectivity index (χ1n) is 5.88. The third-order valence-corrected chi connectivity index (χ3v) is 2.80. The van der Waals surface area contributed by atoms with Crippen molar-refractivity contribution in [1.82, 2.24) is 9.78 Å². The van der Waals surface area contributed by atoms with Crippen LogP contribution < -0.4 is 4.74 Å². The summed E-state index contributed by atoms with van der Waals surface area (Å²) in [6.45, 7) is 2.73. The van der Waals surface area contributed by atoms with Crippen LogP contribution in [0.1, 0.15) is 18.9 Å². The van der Waals surface area contributed by atoms with Crippen molar-refractivity contribution in [3.63, 3.8) is 0 Å². The second-order valence-electron chi connectivity index (χ2n) is 4.06. The Morgan fingerprint density at radius 1 is 1.32 bits per heavy atom. The van der Waals surface area contributed by atoms with Gasteiger partial charge in [-0.05, 0) is 24.1 Å². The van der Waals surface area contributed by atoms with Crippen molar-refractivity contribution in [2.75, 3.05) is 0 Å². The third-order valence-electron chi connectivity index (χ3n) is 2.49. The highest BCUT2D eigenvalue weighted by molar-refractivity contribution is 6.17. The first-order valence-corrected chi connectivity index (χ1v) is 6.41. The fourth-order valence-electron chi connectivity index (χ4n) is 1.65. The minimum atomic E-state index is -0.779. The van der Waals surface area contributed by atoms with Crippen LogP contribution in [0, 0.1) is 11.6 Å². The highest BCUT2D eigenvalue weighted by atomic mass is 35.5. The zero-order chi connectivity index (χ0) is 13.8. The lowest BCUT2D eigenvalue weighted by molar-refractivity contribution is 0.406. The zero-order valence-electron chi connectivity index (χ0n) is 10.4. The Morgan fingerprint density at radius 3 is 2.58 bits per heavy atom. The van der Waals surface area contributed by atoms with Gasteiger partial charge in [-0.25, -0.2) is 8.78 Å². The molecule has 1 aromatic carbocycles. The van der Waals surface area contributed by atoms with Crippen LogP contribution in [0.25, 0.3) is 0 Å². The van der Waals surface area contributed by atoms with Gasteiger partial charge in [0.2, 0.25) is 0 Å². The molecule has 0 N–H and O–H groups in total. The van der Waals surface area contributed by atoms with E-state index in [4.69, 9.17) is 16.3 Å². The molecule has 0 radical (unpaired) electrons. The third kappa shape index (κ3) is 3.23.